The van der Waals surface area contributed by atoms with Crippen LogP contribution >= 0.6 is 7.87 Å². The number of nitrogens with zero attached hydrogens (tertiary/aromatic N) is 1. The second-order valence-corrected chi connectivity index (χ2v) is 6.49. The zero-order chi connectivity index (χ0) is 11.6. The summed E-state index contributed by atoms with van der Waals surface area (Å²) in [5, 5.41) is 0. The van der Waals surface area contributed by atoms with Gasteiger partial charge in [-0.2, -0.15) is 0 Å². The monoisotopic (exact) mass is 233 g/mol. The van der Waals surface area contributed by atoms with Crippen LogP contribution in [0.3, 0.4) is 0 Å². The third kappa shape index (κ3) is 2.56. The predicted octanol–water partition coefficient (Wildman–Crippen LogP) is 1.57. The summed E-state index contributed by atoms with van der Waals surface area (Å²) >= 11 is 0. The molecule has 0 radical (unpaired) electrons. The first-order valence-electron chi connectivity index (χ1n) is 5.50. The minimum atomic E-state index is -3.23. The Morgan fingerprint density at radius 1 is 1.67 bits per heavy atom. The SMILES string of the molecule is CCC(=O)[P+]1([O-])O[C@H](C)CCN1C(C)C. The van der Waals surface area contributed by atoms with Gasteiger partial charge in [0.15, 0.2) is 0 Å². The largest absolute Gasteiger partial charge is 0.634 e. The van der Waals surface area contributed by atoms with E-state index in [1.165, 1.54) is 0 Å². The van der Waals surface area contributed by atoms with Gasteiger partial charge < -0.3 is 4.89 Å². The Kier molecular flexibility index (Phi) is 4.24. The molecular formula is C10H20NO3P. The molecule has 0 aromatic carbocycles. The molecule has 1 heterocycles. The molecule has 1 aliphatic heterocycles. The first-order valence-corrected chi connectivity index (χ1v) is 7.08. The van der Waals surface area contributed by atoms with Gasteiger partial charge in [0.05, 0.1) is 0 Å². The Morgan fingerprint density at radius 2 is 2.27 bits per heavy atom. The van der Waals surface area contributed by atoms with Gasteiger partial charge in [-0.3, -0.25) is 0 Å². The first kappa shape index (κ1) is 13.0. The molecule has 1 fully saturated rings. The summed E-state index contributed by atoms with van der Waals surface area (Å²) in [4.78, 5) is 24.2. The van der Waals surface area contributed by atoms with Crippen LogP contribution in [0.2, 0.25) is 0 Å². The summed E-state index contributed by atoms with van der Waals surface area (Å²) in [5.74, 6) is 0. The second kappa shape index (κ2) is 4.88. The molecule has 0 aromatic rings. The van der Waals surface area contributed by atoms with Crippen LogP contribution in [-0.2, 0) is 9.32 Å². The Hall–Kier alpha value is -0.0200. The summed E-state index contributed by atoms with van der Waals surface area (Å²) in [6.07, 6.45) is 1.02. The topological polar surface area (TPSA) is 52.6 Å². The van der Waals surface area contributed by atoms with Crippen molar-refractivity contribution in [3.05, 3.63) is 0 Å². The van der Waals surface area contributed by atoms with Gasteiger partial charge in [-0.1, -0.05) is 6.92 Å². The molecule has 2 atom stereocenters. The number of hydrogen-bond acceptors (Lipinski definition) is 4. The second-order valence-electron chi connectivity index (χ2n) is 4.23. The van der Waals surface area contributed by atoms with E-state index < -0.39 is 7.87 Å². The molecule has 0 aliphatic carbocycles. The van der Waals surface area contributed by atoms with Crippen molar-refractivity contribution in [2.45, 2.75) is 52.7 Å². The molecule has 1 saturated heterocycles. The highest BCUT2D eigenvalue weighted by molar-refractivity contribution is 7.78. The number of carbonyl (C=O) groups excluding carboxylic acids is 1. The normalized spacial score (nSPS) is 33.3. The van der Waals surface area contributed by atoms with Gasteiger partial charge in [0, 0.05) is 19.0 Å². The van der Waals surface area contributed by atoms with Gasteiger partial charge in [0.1, 0.15) is 6.10 Å². The molecule has 88 valence electrons. The molecule has 4 nitrogen and oxygen atoms in total. The van der Waals surface area contributed by atoms with E-state index in [9.17, 15) is 9.69 Å². The Morgan fingerprint density at radius 3 is 2.73 bits per heavy atom. The average molecular weight is 233 g/mol. The van der Waals surface area contributed by atoms with Crippen molar-refractivity contribution in [1.82, 2.24) is 4.67 Å². The molecule has 1 rings (SSSR count). The summed E-state index contributed by atoms with van der Waals surface area (Å²) in [7, 11) is -3.23. The van der Waals surface area contributed by atoms with E-state index in [4.69, 9.17) is 4.52 Å². The number of carbonyl (C=O) groups is 1. The van der Waals surface area contributed by atoms with Crippen molar-refractivity contribution in [1.29, 1.82) is 0 Å². The summed E-state index contributed by atoms with van der Waals surface area (Å²) in [6.45, 7) is 8.15. The van der Waals surface area contributed by atoms with Crippen LogP contribution in [0.5, 0.6) is 0 Å². The van der Waals surface area contributed by atoms with Gasteiger partial charge >= 0.3 is 5.52 Å². The maximum Gasteiger partial charge on any atom is 0.310 e. The van der Waals surface area contributed by atoms with Crippen LogP contribution in [0.4, 0.5) is 0 Å². The summed E-state index contributed by atoms with van der Waals surface area (Å²) < 4.78 is 7.15. The maximum atomic E-state index is 12.5. The van der Waals surface area contributed by atoms with Crippen molar-refractivity contribution < 1.29 is 14.2 Å². The molecule has 0 aromatic heterocycles. The fraction of sp³-hybridized carbons (Fsp3) is 0.900. The van der Waals surface area contributed by atoms with E-state index >= 15 is 0 Å². The van der Waals surface area contributed by atoms with Gasteiger partial charge in [-0.05, 0) is 27.2 Å². The van der Waals surface area contributed by atoms with Crippen LogP contribution in [0.25, 0.3) is 0 Å². The van der Waals surface area contributed by atoms with Gasteiger partial charge in [0.2, 0.25) is 7.87 Å². The molecule has 15 heavy (non-hydrogen) atoms. The molecule has 0 spiro atoms. The molecule has 1 unspecified atom stereocenters. The lowest BCUT2D eigenvalue weighted by atomic mass is 10.2. The molecule has 5 heteroatoms. The molecule has 0 amide bonds. The van der Waals surface area contributed by atoms with Crippen LogP contribution in [0.1, 0.15) is 40.5 Å². The minimum absolute atomic E-state index is 0.0821. The maximum absolute atomic E-state index is 12.5. The fourth-order valence-electron chi connectivity index (χ4n) is 1.77. The zero-order valence-corrected chi connectivity index (χ0v) is 10.8. The van der Waals surface area contributed by atoms with E-state index in [1.807, 2.05) is 20.8 Å². The number of hydrogen-bond donors (Lipinski definition) is 0. The lowest BCUT2D eigenvalue weighted by Crippen LogP contribution is -2.47. The van der Waals surface area contributed by atoms with Crippen LogP contribution in [0.15, 0.2) is 0 Å². The first-order chi connectivity index (χ1) is 6.91. The fourth-order valence-corrected chi connectivity index (χ4v) is 4.27. The van der Waals surface area contributed by atoms with E-state index in [0.717, 1.165) is 6.42 Å². The van der Waals surface area contributed by atoms with Gasteiger partial charge in [0.25, 0.3) is 0 Å². The highest BCUT2D eigenvalue weighted by atomic mass is 31.2. The van der Waals surface area contributed by atoms with E-state index in [0.29, 0.717) is 6.54 Å². The molecular weight excluding hydrogens is 213 g/mol. The summed E-state index contributed by atoms with van der Waals surface area (Å²) in [6, 6.07) is 0.0823. The van der Waals surface area contributed by atoms with Crippen LogP contribution in [-0.4, -0.2) is 28.9 Å². The van der Waals surface area contributed by atoms with E-state index in [1.54, 1.807) is 11.6 Å². The van der Waals surface area contributed by atoms with Crippen LogP contribution < -0.4 is 4.89 Å². The highest BCUT2D eigenvalue weighted by Crippen LogP contribution is 2.60. The van der Waals surface area contributed by atoms with Crippen molar-refractivity contribution in [3.8, 4) is 0 Å². The Labute approximate surface area is 92.2 Å². The number of rotatable bonds is 3. The molecule has 0 bridgehead atoms. The zero-order valence-electron chi connectivity index (χ0n) is 9.90. The van der Waals surface area contributed by atoms with E-state index in [2.05, 4.69) is 0 Å². The third-order valence-corrected chi connectivity index (χ3v) is 5.57. The van der Waals surface area contributed by atoms with Crippen molar-refractivity contribution in [3.63, 3.8) is 0 Å². The smallest absolute Gasteiger partial charge is 0.310 e. The minimum Gasteiger partial charge on any atom is -0.634 e. The predicted molar refractivity (Wildman–Crippen MR) is 59.2 cm³/mol. The lowest BCUT2D eigenvalue weighted by molar-refractivity contribution is -0.218. The quantitative estimate of drug-likeness (QED) is 0.694. The Bertz CT molecular complexity index is 247. The summed E-state index contributed by atoms with van der Waals surface area (Å²) in [5.41, 5.74) is -0.261. The standard InChI is InChI=1S/C10H20NO3P/c1-5-10(12)15(13)11(8(2)3)7-6-9(4)14-15/h8-9H,5-7H2,1-4H3/t9-,15?/m1/s1. The van der Waals surface area contributed by atoms with Crippen LogP contribution in [0, 0.1) is 0 Å². The molecule has 0 saturated carbocycles. The van der Waals surface area contributed by atoms with Gasteiger partial charge in [-0.25, -0.2) is 9.32 Å². The van der Waals surface area contributed by atoms with E-state index in [-0.39, 0.29) is 24.1 Å². The molecule has 0 N–H and O–H groups in total. The highest BCUT2D eigenvalue weighted by Gasteiger charge is 2.49. The van der Waals surface area contributed by atoms with Gasteiger partial charge in [-0.15, -0.1) is 4.67 Å². The third-order valence-electron chi connectivity index (χ3n) is 2.64. The van der Waals surface area contributed by atoms with Crippen molar-refractivity contribution in [2.75, 3.05) is 6.54 Å². The van der Waals surface area contributed by atoms with Crippen molar-refractivity contribution >= 4 is 13.4 Å². The average Bonchev–Trinajstić information content (AvgIpc) is 2.15. The Balaban J connectivity index is 2.91. The van der Waals surface area contributed by atoms with Crippen molar-refractivity contribution in [2.24, 2.45) is 0 Å². The molecule has 1 aliphatic rings. The lowest BCUT2D eigenvalue weighted by Gasteiger charge is -2.43.